The fourth-order valence-electron chi connectivity index (χ4n) is 11.5. The van der Waals surface area contributed by atoms with Crippen molar-refractivity contribution in [2.24, 2.45) is 56.7 Å². The molecule has 5 rings (SSSR count). The fraction of sp³-hybridized carbons (Fsp3) is 0.933. The van der Waals surface area contributed by atoms with E-state index in [2.05, 4.69) is 61.5 Å². The van der Waals surface area contributed by atoms with E-state index in [0.717, 1.165) is 24.2 Å². The predicted octanol–water partition coefficient (Wildman–Crippen LogP) is 8.02. The van der Waals surface area contributed by atoms with Crippen molar-refractivity contribution in [2.75, 3.05) is 0 Å². The monoisotopic (exact) mass is 426 g/mol. The molecule has 0 aromatic carbocycles. The third-order valence-corrected chi connectivity index (χ3v) is 12.9. The lowest BCUT2D eigenvalue weighted by Crippen LogP contribution is -2.63. The van der Waals surface area contributed by atoms with E-state index >= 15 is 0 Å². The van der Waals surface area contributed by atoms with Gasteiger partial charge in [0.1, 0.15) is 0 Å². The minimum Gasteiger partial charge on any atom is -0.393 e. The average molecular weight is 427 g/mol. The van der Waals surface area contributed by atoms with Crippen LogP contribution in [0.3, 0.4) is 0 Å². The van der Waals surface area contributed by atoms with Crippen molar-refractivity contribution in [3.63, 3.8) is 0 Å². The van der Waals surface area contributed by atoms with E-state index < -0.39 is 0 Å². The highest BCUT2D eigenvalue weighted by atomic mass is 16.3. The zero-order valence-corrected chi connectivity index (χ0v) is 21.9. The van der Waals surface area contributed by atoms with Gasteiger partial charge in [0.25, 0.3) is 0 Å². The Morgan fingerprint density at radius 3 is 2.29 bits per heavy atom. The summed E-state index contributed by atoms with van der Waals surface area (Å²) in [7, 11) is 0. The van der Waals surface area contributed by atoms with E-state index in [-0.39, 0.29) is 16.9 Å². The van der Waals surface area contributed by atoms with E-state index in [9.17, 15) is 5.11 Å². The Morgan fingerprint density at radius 1 is 0.903 bits per heavy atom. The van der Waals surface area contributed by atoms with Gasteiger partial charge < -0.3 is 5.11 Å². The molecule has 0 bridgehead atoms. The number of rotatable bonds is 1. The lowest BCUT2D eigenvalue weighted by molar-refractivity contribution is -0.176. The third-order valence-electron chi connectivity index (χ3n) is 12.9. The van der Waals surface area contributed by atoms with Crippen LogP contribution in [-0.4, -0.2) is 11.2 Å². The first kappa shape index (κ1) is 22.5. The van der Waals surface area contributed by atoms with Crippen LogP contribution >= 0.6 is 0 Å². The van der Waals surface area contributed by atoms with Gasteiger partial charge in [0, 0.05) is 0 Å². The van der Waals surface area contributed by atoms with Gasteiger partial charge in [-0.2, -0.15) is 0 Å². The van der Waals surface area contributed by atoms with Crippen molar-refractivity contribution in [3.8, 4) is 0 Å². The summed E-state index contributed by atoms with van der Waals surface area (Å²) in [5.41, 5.74) is 3.46. The molecule has 0 heterocycles. The average Bonchev–Trinajstić information content (AvgIpc) is 3.01. The van der Waals surface area contributed by atoms with Gasteiger partial charge >= 0.3 is 0 Å². The maximum atomic E-state index is 11.7. The van der Waals surface area contributed by atoms with Crippen molar-refractivity contribution >= 4 is 0 Å². The van der Waals surface area contributed by atoms with Crippen LogP contribution in [0.15, 0.2) is 11.6 Å². The Morgan fingerprint density at radius 2 is 1.61 bits per heavy atom. The Bertz CT molecular complexity index is 777. The summed E-state index contributed by atoms with van der Waals surface area (Å²) in [6.07, 6.45) is 14.4. The molecule has 0 aromatic heterocycles. The Balaban J connectivity index is 1.58. The molecule has 9 atom stereocenters. The summed E-state index contributed by atoms with van der Waals surface area (Å²) in [5, 5.41) is 11.7. The summed E-state index contributed by atoms with van der Waals surface area (Å²) >= 11 is 0. The number of aliphatic hydroxyl groups is 1. The normalized spacial score (nSPS) is 55.7. The lowest BCUT2D eigenvalue weighted by Gasteiger charge is -2.69. The van der Waals surface area contributed by atoms with E-state index in [1.54, 1.807) is 5.57 Å². The molecule has 0 aliphatic heterocycles. The topological polar surface area (TPSA) is 20.2 Å². The Kier molecular flexibility index (Phi) is 4.82. The zero-order chi connectivity index (χ0) is 22.6. The minimum atomic E-state index is -0.137. The molecule has 0 unspecified atom stereocenters. The summed E-state index contributed by atoms with van der Waals surface area (Å²) in [6.45, 7) is 20.4. The molecular formula is C30H50O. The molecule has 0 aromatic rings. The molecule has 1 N–H and O–H groups in total. The van der Waals surface area contributed by atoms with E-state index in [1.807, 2.05) is 0 Å². The summed E-state index contributed by atoms with van der Waals surface area (Å²) < 4.78 is 0. The first-order valence-corrected chi connectivity index (χ1v) is 13.7. The smallest absolute Gasteiger partial charge is 0.0587 e. The van der Waals surface area contributed by atoms with Gasteiger partial charge in [-0.15, -0.1) is 0 Å². The molecule has 5 aliphatic rings. The molecule has 176 valence electrons. The number of hydrogen-bond acceptors (Lipinski definition) is 1. The first-order valence-electron chi connectivity index (χ1n) is 13.7. The van der Waals surface area contributed by atoms with Crippen molar-refractivity contribution in [2.45, 2.75) is 119 Å². The maximum Gasteiger partial charge on any atom is 0.0587 e. The van der Waals surface area contributed by atoms with Crippen LogP contribution in [0, 0.1) is 56.7 Å². The lowest BCUT2D eigenvalue weighted by atomic mass is 9.35. The molecule has 1 heteroatoms. The second kappa shape index (κ2) is 6.64. The van der Waals surface area contributed by atoms with Gasteiger partial charge in [-0.25, -0.2) is 0 Å². The van der Waals surface area contributed by atoms with Crippen LogP contribution in [0.2, 0.25) is 0 Å². The number of aliphatic hydroxyl groups excluding tert-OH is 1. The van der Waals surface area contributed by atoms with Gasteiger partial charge in [0.15, 0.2) is 0 Å². The predicted molar refractivity (Wildman–Crippen MR) is 131 cm³/mol. The Hall–Kier alpha value is -0.300. The molecule has 0 radical (unpaired) electrons. The number of fused-ring (bicyclic) bond motifs is 7. The fourth-order valence-corrected chi connectivity index (χ4v) is 11.5. The van der Waals surface area contributed by atoms with Gasteiger partial charge in [-0.3, -0.25) is 0 Å². The zero-order valence-electron chi connectivity index (χ0n) is 21.9. The van der Waals surface area contributed by atoms with E-state index in [1.165, 1.54) is 51.4 Å². The van der Waals surface area contributed by atoms with Crippen LogP contribution in [0.1, 0.15) is 113 Å². The molecule has 0 saturated heterocycles. The second-order valence-electron chi connectivity index (χ2n) is 14.8. The first-order chi connectivity index (χ1) is 14.3. The third kappa shape index (κ3) is 2.65. The van der Waals surface area contributed by atoms with E-state index in [4.69, 9.17) is 0 Å². The molecule has 0 amide bonds. The van der Waals surface area contributed by atoms with Crippen LogP contribution in [0.4, 0.5) is 0 Å². The largest absolute Gasteiger partial charge is 0.393 e. The quantitative estimate of drug-likeness (QED) is 0.421. The van der Waals surface area contributed by atoms with Crippen LogP contribution < -0.4 is 0 Å². The maximum absolute atomic E-state index is 11.7. The summed E-state index contributed by atoms with van der Waals surface area (Å²) in [4.78, 5) is 0. The standard InChI is InChI=1S/C30H50O/c1-19(2)20-10-11-24-27(20,5)16-17-29(7)22-18-23(31)25-26(3,4)13-9-14-28(25,6)21(22)12-15-30(24,29)8/h12,19-20,22-25,31H,9-11,13-18H2,1-8H3/t20-,22-,23+,24-,25-,27-,28-,29-,30+/m1/s1. The van der Waals surface area contributed by atoms with Crippen molar-refractivity contribution in [1.82, 2.24) is 0 Å². The van der Waals surface area contributed by atoms with Crippen LogP contribution in [-0.2, 0) is 0 Å². The van der Waals surface area contributed by atoms with Crippen molar-refractivity contribution in [1.29, 1.82) is 0 Å². The minimum absolute atomic E-state index is 0.137. The van der Waals surface area contributed by atoms with Crippen LogP contribution in [0.5, 0.6) is 0 Å². The van der Waals surface area contributed by atoms with Crippen molar-refractivity contribution in [3.05, 3.63) is 11.6 Å². The molecule has 31 heavy (non-hydrogen) atoms. The Labute approximate surface area is 192 Å². The number of allylic oxidation sites excluding steroid dienone is 2. The van der Waals surface area contributed by atoms with Crippen molar-refractivity contribution < 1.29 is 5.11 Å². The highest BCUT2D eigenvalue weighted by Crippen LogP contribution is 2.76. The van der Waals surface area contributed by atoms with Gasteiger partial charge in [0.2, 0.25) is 0 Å². The van der Waals surface area contributed by atoms with Crippen LogP contribution in [0.25, 0.3) is 0 Å². The summed E-state index contributed by atoms with van der Waals surface area (Å²) in [6, 6.07) is 0. The molecule has 0 spiro atoms. The summed E-state index contributed by atoms with van der Waals surface area (Å²) in [5.74, 6) is 3.55. The van der Waals surface area contributed by atoms with Gasteiger partial charge in [-0.05, 0) is 108 Å². The molecule has 4 fully saturated rings. The SMILES string of the molecule is CC(C)[C@H]1CC[C@@H]2[C@]1(C)CC[C@]1(C)[C@@H]3C[C@H](O)[C@@H]4C(C)(C)CCC[C@]4(C)C3=CC[C@@]21C. The van der Waals surface area contributed by atoms with E-state index in [0.29, 0.717) is 28.1 Å². The highest BCUT2D eigenvalue weighted by Gasteiger charge is 2.68. The molecule has 5 aliphatic carbocycles. The number of hydrogen-bond donors (Lipinski definition) is 1. The van der Waals surface area contributed by atoms with Gasteiger partial charge in [-0.1, -0.05) is 73.5 Å². The highest BCUT2D eigenvalue weighted by molar-refractivity contribution is 5.33. The second-order valence-corrected chi connectivity index (χ2v) is 14.8. The molecule has 4 saturated carbocycles. The van der Waals surface area contributed by atoms with Gasteiger partial charge in [0.05, 0.1) is 6.10 Å². The molecular weight excluding hydrogens is 376 g/mol. The molecule has 1 nitrogen and oxygen atoms in total.